The van der Waals surface area contributed by atoms with E-state index >= 15 is 0 Å². The van der Waals surface area contributed by atoms with Crippen LogP contribution >= 0.6 is 0 Å². The number of rotatable bonds is 4. The number of halogens is 3. The molecule has 0 spiro atoms. The summed E-state index contributed by atoms with van der Waals surface area (Å²) in [6, 6.07) is 37.9. The van der Waals surface area contributed by atoms with E-state index in [0.29, 0.717) is 16.2 Å². The first-order valence-corrected chi connectivity index (χ1v) is 14.2. The van der Waals surface area contributed by atoms with Gasteiger partial charge in [0.1, 0.15) is 0 Å². The van der Waals surface area contributed by atoms with Crippen LogP contribution in [0.5, 0.6) is 5.75 Å². The number of para-hydroxylation sites is 2. The fourth-order valence-corrected chi connectivity index (χ4v) is 6.05. The molecule has 1 heterocycles. The first kappa shape index (κ1) is 25.2. The van der Waals surface area contributed by atoms with Crippen molar-refractivity contribution in [3.05, 3.63) is 121 Å². The molecule has 41 heavy (non-hydrogen) atoms. The summed E-state index contributed by atoms with van der Waals surface area (Å²) in [4.78, 5) is 0. The Bertz CT molecular complexity index is 2240. The van der Waals surface area contributed by atoms with E-state index in [1.54, 1.807) is 30.3 Å². The van der Waals surface area contributed by atoms with Gasteiger partial charge in [-0.25, -0.2) is 0 Å². The minimum atomic E-state index is -5.87. The first-order chi connectivity index (χ1) is 19.7. The third-order valence-electron chi connectivity index (χ3n) is 7.35. The van der Waals surface area contributed by atoms with Crippen LogP contribution in [-0.2, 0) is 10.1 Å². The summed E-state index contributed by atoms with van der Waals surface area (Å²) in [5, 5.41) is 4.26. The van der Waals surface area contributed by atoms with Gasteiger partial charge in [-0.05, 0) is 69.8 Å². The first-order valence-electron chi connectivity index (χ1n) is 12.8. The van der Waals surface area contributed by atoms with E-state index in [1.807, 2.05) is 66.7 Å². The van der Waals surface area contributed by atoms with Crippen LogP contribution in [-0.4, -0.2) is 18.5 Å². The second-order valence-electron chi connectivity index (χ2n) is 9.72. The molecule has 0 fully saturated rings. The van der Waals surface area contributed by atoms with Gasteiger partial charge in [-0.15, -0.1) is 0 Å². The van der Waals surface area contributed by atoms with Gasteiger partial charge < -0.3 is 8.75 Å². The van der Waals surface area contributed by atoms with Crippen LogP contribution in [0.4, 0.5) is 13.2 Å². The van der Waals surface area contributed by atoms with Crippen LogP contribution in [0.2, 0.25) is 0 Å². The fourth-order valence-electron chi connectivity index (χ4n) is 5.58. The molecule has 0 aliphatic heterocycles. The van der Waals surface area contributed by atoms with Crippen LogP contribution < -0.4 is 4.18 Å². The Morgan fingerprint density at radius 3 is 2.07 bits per heavy atom. The largest absolute Gasteiger partial charge is 0.534 e. The molecule has 6 aromatic carbocycles. The van der Waals surface area contributed by atoms with Crippen molar-refractivity contribution in [1.82, 2.24) is 4.57 Å². The Morgan fingerprint density at radius 2 is 1.29 bits per heavy atom. The highest BCUT2D eigenvalue weighted by molar-refractivity contribution is 7.88. The van der Waals surface area contributed by atoms with Crippen molar-refractivity contribution in [2.75, 3.05) is 0 Å². The summed E-state index contributed by atoms with van der Waals surface area (Å²) in [6.45, 7) is 0. The predicted octanol–water partition coefficient (Wildman–Crippen LogP) is 8.99. The Morgan fingerprint density at radius 1 is 0.610 bits per heavy atom. The van der Waals surface area contributed by atoms with Gasteiger partial charge >= 0.3 is 15.6 Å². The molecule has 0 N–H and O–H groups in total. The van der Waals surface area contributed by atoms with Crippen molar-refractivity contribution >= 4 is 53.5 Å². The van der Waals surface area contributed by atoms with E-state index in [0.717, 1.165) is 44.0 Å². The number of fused-ring (bicyclic) bond motifs is 6. The Kier molecular flexibility index (Phi) is 5.59. The Hall–Kier alpha value is -4.82. The van der Waals surface area contributed by atoms with Crippen LogP contribution in [0.15, 0.2) is 121 Å². The lowest BCUT2D eigenvalue weighted by atomic mass is 9.93. The molecule has 7 rings (SSSR count). The normalized spacial score (nSPS) is 12.5. The molecule has 0 unspecified atom stereocenters. The number of hydrogen-bond acceptors (Lipinski definition) is 3. The zero-order chi connectivity index (χ0) is 28.4. The minimum absolute atomic E-state index is 0.292. The summed E-state index contributed by atoms with van der Waals surface area (Å²) in [7, 11) is -5.87. The smallest absolute Gasteiger partial charge is 0.375 e. The molecule has 0 aliphatic rings. The Balaban J connectivity index is 1.50. The topological polar surface area (TPSA) is 48.3 Å². The van der Waals surface area contributed by atoms with Gasteiger partial charge in [0.2, 0.25) is 0 Å². The van der Waals surface area contributed by atoms with E-state index in [9.17, 15) is 21.6 Å². The van der Waals surface area contributed by atoms with Gasteiger partial charge in [-0.2, -0.15) is 21.6 Å². The summed E-state index contributed by atoms with van der Waals surface area (Å²) >= 11 is 0. The molecule has 0 atom stereocenters. The van der Waals surface area contributed by atoms with Crippen LogP contribution in [0.1, 0.15) is 0 Å². The monoisotopic (exact) mass is 567 g/mol. The molecule has 1 aromatic heterocycles. The standard InChI is InChI=1S/C33H20F3NO3S/c34-33(35,36)41(38,39)40-31-19-17-24(27-16-14-21-8-4-5-11-25(21)32(27)31)22-15-18-30-28(20-22)26-12-6-7-13-29(26)37(30)23-9-2-1-3-10-23/h1-20H. The SMILES string of the molecule is O=S(=O)(Oc1ccc(-c2ccc3c(c2)c2ccccc2n3-c2ccccc2)c2ccc3ccccc3c12)C(F)(F)F. The summed E-state index contributed by atoms with van der Waals surface area (Å²) in [6.07, 6.45) is 0. The molecule has 0 saturated carbocycles. The van der Waals surface area contributed by atoms with Crippen molar-refractivity contribution < 1.29 is 25.8 Å². The molecular formula is C33H20F3NO3S. The number of aromatic nitrogens is 1. The number of alkyl halides is 3. The van der Waals surface area contributed by atoms with Gasteiger partial charge in [0, 0.05) is 21.8 Å². The van der Waals surface area contributed by atoms with Gasteiger partial charge in [-0.1, -0.05) is 78.9 Å². The maximum Gasteiger partial charge on any atom is 0.534 e. The van der Waals surface area contributed by atoms with Crippen molar-refractivity contribution in [2.24, 2.45) is 0 Å². The summed E-state index contributed by atoms with van der Waals surface area (Å²) < 4.78 is 70.7. The third-order valence-corrected chi connectivity index (χ3v) is 8.31. The molecule has 8 heteroatoms. The molecule has 0 aliphatic carbocycles. The van der Waals surface area contributed by atoms with E-state index in [-0.39, 0.29) is 5.75 Å². The highest BCUT2D eigenvalue weighted by Gasteiger charge is 2.48. The number of benzene rings is 6. The van der Waals surface area contributed by atoms with Gasteiger partial charge in [0.25, 0.3) is 0 Å². The maximum atomic E-state index is 13.3. The average molecular weight is 568 g/mol. The lowest BCUT2D eigenvalue weighted by Crippen LogP contribution is -2.28. The Labute approximate surface area is 233 Å². The molecular weight excluding hydrogens is 547 g/mol. The zero-order valence-corrected chi connectivity index (χ0v) is 22.1. The lowest BCUT2D eigenvalue weighted by molar-refractivity contribution is -0.0499. The highest BCUT2D eigenvalue weighted by Crippen LogP contribution is 2.42. The fraction of sp³-hybridized carbons (Fsp3) is 0.0303. The van der Waals surface area contributed by atoms with Crippen LogP contribution in [0.25, 0.3) is 60.2 Å². The third kappa shape index (κ3) is 4.02. The second-order valence-corrected chi connectivity index (χ2v) is 11.3. The van der Waals surface area contributed by atoms with E-state index in [1.165, 1.54) is 6.07 Å². The lowest BCUT2D eigenvalue weighted by Gasteiger charge is -2.16. The molecule has 7 aromatic rings. The minimum Gasteiger partial charge on any atom is -0.375 e. The second kappa shape index (κ2) is 9.11. The molecule has 0 bridgehead atoms. The maximum absolute atomic E-state index is 13.3. The molecule has 202 valence electrons. The van der Waals surface area contributed by atoms with Gasteiger partial charge in [0.15, 0.2) is 5.75 Å². The zero-order valence-electron chi connectivity index (χ0n) is 21.3. The van der Waals surface area contributed by atoms with Crippen molar-refractivity contribution in [2.45, 2.75) is 5.51 Å². The van der Waals surface area contributed by atoms with Crippen molar-refractivity contribution in [3.8, 4) is 22.6 Å². The van der Waals surface area contributed by atoms with Crippen LogP contribution in [0.3, 0.4) is 0 Å². The number of nitrogens with zero attached hydrogens (tertiary/aromatic N) is 1. The summed E-state index contributed by atoms with van der Waals surface area (Å²) in [5.74, 6) is -0.375. The van der Waals surface area contributed by atoms with Gasteiger partial charge in [0.05, 0.1) is 11.0 Å². The average Bonchev–Trinajstić information content (AvgIpc) is 3.30. The van der Waals surface area contributed by atoms with E-state index in [4.69, 9.17) is 4.18 Å². The molecule has 4 nitrogen and oxygen atoms in total. The highest BCUT2D eigenvalue weighted by atomic mass is 32.2. The van der Waals surface area contributed by atoms with Crippen LogP contribution in [0, 0.1) is 0 Å². The van der Waals surface area contributed by atoms with E-state index < -0.39 is 15.6 Å². The molecule has 0 amide bonds. The summed E-state index contributed by atoms with van der Waals surface area (Å²) in [5.41, 5.74) is -0.911. The molecule has 0 saturated heterocycles. The quantitative estimate of drug-likeness (QED) is 0.121. The van der Waals surface area contributed by atoms with Crippen molar-refractivity contribution in [3.63, 3.8) is 0 Å². The van der Waals surface area contributed by atoms with Gasteiger partial charge in [-0.3, -0.25) is 0 Å². The van der Waals surface area contributed by atoms with E-state index in [2.05, 4.69) is 22.8 Å². The van der Waals surface area contributed by atoms with Crippen molar-refractivity contribution in [1.29, 1.82) is 0 Å². The number of hydrogen-bond donors (Lipinski definition) is 0. The molecule has 0 radical (unpaired) electrons. The predicted molar refractivity (Wildman–Crippen MR) is 157 cm³/mol.